The molecular formula is C17H18FNO4S. The fraction of sp³-hybridized carbons (Fsp3) is 0.294. The number of carboxylic acid groups (broad SMARTS) is 1. The van der Waals surface area contributed by atoms with Crippen molar-refractivity contribution < 1.29 is 23.8 Å². The van der Waals surface area contributed by atoms with E-state index < -0.39 is 17.7 Å². The summed E-state index contributed by atoms with van der Waals surface area (Å²) in [4.78, 5) is 24.6. The van der Waals surface area contributed by atoms with Gasteiger partial charge in [-0.2, -0.15) is 0 Å². The number of nitrogens with one attached hydrogen (secondary N) is 1. The van der Waals surface area contributed by atoms with Crippen molar-refractivity contribution in [2.45, 2.75) is 26.7 Å². The molecule has 1 aromatic heterocycles. The zero-order valence-electron chi connectivity index (χ0n) is 13.6. The highest BCUT2D eigenvalue weighted by atomic mass is 32.1. The molecule has 2 N–H and O–H groups in total. The number of carboxylic acids is 1. The van der Waals surface area contributed by atoms with Crippen molar-refractivity contribution in [2.75, 3.05) is 12.4 Å². The van der Waals surface area contributed by atoms with E-state index in [1.54, 1.807) is 0 Å². The van der Waals surface area contributed by atoms with Crippen molar-refractivity contribution in [1.82, 2.24) is 0 Å². The smallest absolute Gasteiger partial charge is 0.339 e. The number of rotatable bonds is 6. The second kappa shape index (κ2) is 7.44. The minimum atomic E-state index is -1.07. The van der Waals surface area contributed by atoms with E-state index in [-0.39, 0.29) is 12.0 Å². The van der Waals surface area contributed by atoms with E-state index in [1.807, 2.05) is 13.8 Å². The topological polar surface area (TPSA) is 75.6 Å². The van der Waals surface area contributed by atoms with Crippen LogP contribution in [-0.4, -0.2) is 24.1 Å². The van der Waals surface area contributed by atoms with Crippen LogP contribution in [0.2, 0.25) is 0 Å². The standard InChI is InChI=1S/C17H18FNO4S/c1-4-12-9(2)24-16(15(12)17(21)22)19-14(20)8-10-7-11(18)5-6-13(10)23-3/h5-7H,4,8H2,1-3H3,(H,19,20)(H,21,22). The van der Waals surface area contributed by atoms with E-state index in [2.05, 4.69) is 5.32 Å². The summed E-state index contributed by atoms with van der Waals surface area (Å²) in [5.74, 6) is -1.56. The zero-order valence-corrected chi connectivity index (χ0v) is 14.4. The van der Waals surface area contributed by atoms with Crippen LogP contribution in [0.25, 0.3) is 0 Å². The summed E-state index contributed by atoms with van der Waals surface area (Å²) >= 11 is 1.23. The lowest BCUT2D eigenvalue weighted by Gasteiger charge is -2.09. The Morgan fingerprint density at radius 3 is 2.67 bits per heavy atom. The normalized spacial score (nSPS) is 10.5. The van der Waals surface area contributed by atoms with Gasteiger partial charge in [-0.3, -0.25) is 4.79 Å². The Morgan fingerprint density at radius 1 is 1.38 bits per heavy atom. The second-order valence-corrected chi connectivity index (χ2v) is 6.41. The first-order valence-corrected chi connectivity index (χ1v) is 8.16. The number of amides is 1. The van der Waals surface area contributed by atoms with Crippen LogP contribution in [0, 0.1) is 12.7 Å². The number of hydrogen-bond acceptors (Lipinski definition) is 4. The van der Waals surface area contributed by atoms with Crippen molar-refractivity contribution in [1.29, 1.82) is 0 Å². The van der Waals surface area contributed by atoms with Crippen LogP contribution in [0.15, 0.2) is 18.2 Å². The number of benzene rings is 1. The maximum atomic E-state index is 13.4. The van der Waals surface area contributed by atoms with Crippen LogP contribution < -0.4 is 10.1 Å². The average Bonchev–Trinajstić information content (AvgIpc) is 2.82. The van der Waals surface area contributed by atoms with E-state index >= 15 is 0 Å². The molecule has 0 spiro atoms. The summed E-state index contributed by atoms with van der Waals surface area (Å²) in [5, 5.41) is 12.3. The van der Waals surface area contributed by atoms with Crippen LogP contribution in [0.5, 0.6) is 5.75 Å². The number of halogens is 1. The van der Waals surface area contributed by atoms with Crippen molar-refractivity contribution >= 4 is 28.2 Å². The van der Waals surface area contributed by atoms with Crippen LogP contribution in [-0.2, 0) is 17.6 Å². The number of hydrogen-bond donors (Lipinski definition) is 2. The van der Waals surface area contributed by atoms with Gasteiger partial charge >= 0.3 is 5.97 Å². The summed E-state index contributed by atoms with van der Waals surface area (Å²) in [7, 11) is 1.44. The maximum Gasteiger partial charge on any atom is 0.339 e. The van der Waals surface area contributed by atoms with E-state index in [0.29, 0.717) is 28.3 Å². The maximum absolute atomic E-state index is 13.4. The molecule has 0 aliphatic rings. The Kier molecular flexibility index (Phi) is 5.56. The molecule has 0 aliphatic heterocycles. The summed E-state index contributed by atoms with van der Waals surface area (Å²) in [6.07, 6.45) is 0.454. The number of carbonyl (C=O) groups is 2. The third-order valence-corrected chi connectivity index (χ3v) is 4.69. The largest absolute Gasteiger partial charge is 0.496 e. The van der Waals surface area contributed by atoms with Gasteiger partial charge in [-0.15, -0.1) is 11.3 Å². The lowest BCUT2D eigenvalue weighted by molar-refractivity contribution is -0.115. The van der Waals surface area contributed by atoms with Gasteiger partial charge in [0.25, 0.3) is 0 Å². The average molecular weight is 351 g/mol. The van der Waals surface area contributed by atoms with Crippen molar-refractivity contribution in [3.8, 4) is 5.75 Å². The Balaban J connectivity index is 2.25. The predicted octanol–water partition coefficient (Wildman–Crippen LogP) is 3.65. The van der Waals surface area contributed by atoms with Crippen molar-refractivity contribution in [2.24, 2.45) is 0 Å². The van der Waals surface area contributed by atoms with Gasteiger partial charge in [0.05, 0.1) is 19.1 Å². The third-order valence-electron chi connectivity index (χ3n) is 3.62. The van der Waals surface area contributed by atoms with Gasteiger partial charge in [-0.1, -0.05) is 6.92 Å². The van der Waals surface area contributed by atoms with Gasteiger partial charge in [0, 0.05) is 10.4 Å². The van der Waals surface area contributed by atoms with Gasteiger partial charge < -0.3 is 15.2 Å². The molecule has 1 heterocycles. The Labute approximate surface area is 143 Å². The van der Waals surface area contributed by atoms with E-state index in [9.17, 15) is 19.1 Å². The summed E-state index contributed by atoms with van der Waals surface area (Å²) in [6.45, 7) is 3.69. The van der Waals surface area contributed by atoms with E-state index in [4.69, 9.17) is 4.74 Å². The zero-order chi connectivity index (χ0) is 17.9. The molecule has 5 nitrogen and oxygen atoms in total. The molecule has 1 aromatic carbocycles. The Morgan fingerprint density at radius 2 is 2.08 bits per heavy atom. The molecule has 0 saturated heterocycles. The molecule has 0 aliphatic carbocycles. The molecular weight excluding hydrogens is 333 g/mol. The number of anilines is 1. The molecule has 1 amide bonds. The number of aromatic carboxylic acids is 1. The Bertz CT molecular complexity index is 785. The lowest BCUT2D eigenvalue weighted by atomic mass is 10.1. The highest BCUT2D eigenvalue weighted by molar-refractivity contribution is 7.16. The number of ether oxygens (including phenoxy) is 1. The van der Waals surface area contributed by atoms with Gasteiger partial charge in [0.2, 0.25) is 5.91 Å². The first-order valence-electron chi connectivity index (χ1n) is 7.35. The monoisotopic (exact) mass is 351 g/mol. The fourth-order valence-electron chi connectivity index (χ4n) is 2.55. The highest BCUT2D eigenvalue weighted by Gasteiger charge is 2.22. The first-order chi connectivity index (χ1) is 11.4. The minimum Gasteiger partial charge on any atom is -0.496 e. The SMILES string of the molecule is CCc1c(C)sc(NC(=O)Cc2cc(F)ccc2OC)c1C(=O)O. The van der Waals surface area contributed by atoms with Gasteiger partial charge in [-0.05, 0) is 37.1 Å². The number of methoxy groups -OCH3 is 1. The van der Waals surface area contributed by atoms with Gasteiger partial charge in [-0.25, -0.2) is 9.18 Å². The molecule has 0 bridgehead atoms. The van der Waals surface area contributed by atoms with Gasteiger partial charge in [0.15, 0.2) is 0 Å². The minimum absolute atomic E-state index is 0.113. The molecule has 2 rings (SSSR count). The van der Waals surface area contributed by atoms with Crippen molar-refractivity contribution in [3.63, 3.8) is 0 Å². The molecule has 0 unspecified atom stereocenters. The summed E-state index contributed by atoms with van der Waals surface area (Å²) in [5.41, 5.74) is 1.24. The molecule has 0 fully saturated rings. The summed E-state index contributed by atoms with van der Waals surface area (Å²) in [6, 6.07) is 3.93. The fourth-order valence-corrected chi connectivity index (χ4v) is 3.70. The molecule has 7 heteroatoms. The third kappa shape index (κ3) is 3.73. The predicted molar refractivity (Wildman–Crippen MR) is 90.7 cm³/mol. The van der Waals surface area contributed by atoms with Crippen LogP contribution in [0.1, 0.15) is 33.3 Å². The molecule has 0 atom stereocenters. The second-order valence-electron chi connectivity index (χ2n) is 5.18. The number of aryl methyl sites for hydroxylation is 1. The molecule has 0 saturated carbocycles. The number of carbonyl (C=O) groups excluding carboxylic acids is 1. The Hall–Kier alpha value is -2.41. The quantitative estimate of drug-likeness (QED) is 0.833. The first kappa shape index (κ1) is 17.9. The lowest BCUT2D eigenvalue weighted by Crippen LogP contribution is -2.16. The molecule has 24 heavy (non-hydrogen) atoms. The molecule has 128 valence electrons. The van der Waals surface area contributed by atoms with Crippen LogP contribution in [0.3, 0.4) is 0 Å². The van der Waals surface area contributed by atoms with E-state index in [0.717, 1.165) is 4.88 Å². The summed E-state index contributed by atoms with van der Waals surface area (Å²) < 4.78 is 18.5. The van der Waals surface area contributed by atoms with Crippen LogP contribution in [0.4, 0.5) is 9.39 Å². The van der Waals surface area contributed by atoms with Crippen LogP contribution >= 0.6 is 11.3 Å². The van der Waals surface area contributed by atoms with E-state index in [1.165, 1.54) is 36.6 Å². The number of thiophene rings is 1. The molecule has 2 aromatic rings. The molecule has 0 radical (unpaired) electrons. The highest BCUT2D eigenvalue weighted by Crippen LogP contribution is 2.33. The van der Waals surface area contributed by atoms with Gasteiger partial charge in [0.1, 0.15) is 16.6 Å². The van der Waals surface area contributed by atoms with Crippen molar-refractivity contribution in [3.05, 3.63) is 45.6 Å².